The molecule has 2 heterocycles. The molecule has 134 valence electrons. The molecule has 26 heavy (non-hydrogen) atoms. The molecule has 0 spiro atoms. The molecule has 3 rings (SSSR count). The van der Waals surface area contributed by atoms with Crippen molar-refractivity contribution >= 4 is 17.3 Å². The lowest BCUT2D eigenvalue weighted by molar-refractivity contribution is 0.0991. The van der Waals surface area contributed by atoms with Gasteiger partial charge in [0.15, 0.2) is 5.76 Å². The maximum Gasteiger partial charge on any atom is 0.291 e. The number of hydrogen-bond acceptors (Lipinski definition) is 4. The van der Waals surface area contributed by atoms with Crippen LogP contribution in [0.4, 0.5) is 11.4 Å². The number of rotatable bonds is 7. The smallest absolute Gasteiger partial charge is 0.291 e. The first-order chi connectivity index (χ1) is 12.7. The highest BCUT2D eigenvalue weighted by Crippen LogP contribution is 2.23. The molecule has 1 N–H and O–H groups in total. The van der Waals surface area contributed by atoms with Crippen molar-refractivity contribution in [3.05, 3.63) is 79.3 Å². The molecule has 0 radical (unpaired) electrons. The number of benzene rings is 1. The highest BCUT2D eigenvalue weighted by Gasteiger charge is 2.14. The summed E-state index contributed by atoms with van der Waals surface area (Å²) in [5, 5.41) is 2.82. The van der Waals surface area contributed by atoms with E-state index in [4.69, 9.17) is 9.15 Å². The van der Waals surface area contributed by atoms with E-state index in [2.05, 4.69) is 23.4 Å². The summed E-state index contributed by atoms with van der Waals surface area (Å²) in [5.41, 5.74) is 1.90. The van der Waals surface area contributed by atoms with Gasteiger partial charge in [-0.3, -0.25) is 4.79 Å². The quantitative estimate of drug-likeness (QED) is 0.577. The van der Waals surface area contributed by atoms with Gasteiger partial charge in [0.05, 0.1) is 0 Å². The summed E-state index contributed by atoms with van der Waals surface area (Å²) in [6.45, 7) is 9.43. The molecule has 1 fully saturated rings. The number of nitrogens with zero attached hydrogens (tertiary/aromatic N) is 1. The Morgan fingerprint density at radius 3 is 2.50 bits per heavy atom. The van der Waals surface area contributed by atoms with Crippen LogP contribution in [0.2, 0.25) is 0 Å². The van der Waals surface area contributed by atoms with Crippen LogP contribution in [0.5, 0.6) is 5.95 Å². The Morgan fingerprint density at radius 2 is 1.85 bits per heavy atom. The van der Waals surface area contributed by atoms with Crippen molar-refractivity contribution in [1.82, 2.24) is 0 Å². The van der Waals surface area contributed by atoms with Crippen LogP contribution in [0.3, 0.4) is 0 Å². The van der Waals surface area contributed by atoms with Crippen molar-refractivity contribution in [3.8, 4) is 5.95 Å². The van der Waals surface area contributed by atoms with Crippen molar-refractivity contribution in [1.29, 1.82) is 0 Å². The van der Waals surface area contributed by atoms with E-state index >= 15 is 0 Å². The third-order valence-corrected chi connectivity index (χ3v) is 4.10. The molecule has 2 aromatic rings. The lowest BCUT2D eigenvalue weighted by atomic mass is 10.2. The molecule has 5 nitrogen and oxygen atoms in total. The first kappa shape index (κ1) is 17.6. The molecule has 5 heteroatoms. The van der Waals surface area contributed by atoms with Gasteiger partial charge >= 0.3 is 0 Å². The van der Waals surface area contributed by atoms with E-state index in [0.717, 1.165) is 18.8 Å². The Bertz CT molecular complexity index is 812. The number of hydrogen-bond donors (Lipinski definition) is 1. The molecule has 1 aromatic heterocycles. The van der Waals surface area contributed by atoms with Gasteiger partial charge < -0.3 is 19.4 Å². The second kappa shape index (κ2) is 8.25. The molecule has 0 atom stereocenters. The van der Waals surface area contributed by atoms with E-state index in [1.807, 2.05) is 24.3 Å². The summed E-state index contributed by atoms with van der Waals surface area (Å²) >= 11 is 0. The van der Waals surface area contributed by atoms with Crippen LogP contribution in [0.15, 0.2) is 78.0 Å². The summed E-state index contributed by atoms with van der Waals surface area (Å²) in [6, 6.07) is 11.0. The summed E-state index contributed by atoms with van der Waals surface area (Å²) in [4.78, 5) is 14.7. The lowest BCUT2D eigenvalue weighted by Crippen LogP contribution is -2.17. The Kier molecular flexibility index (Phi) is 5.59. The number of carbonyl (C=O) groups is 1. The molecule has 1 amide bonds. The minimum Gasteiger partial charge on any atom is -0.426 e. The normalized spacial score (nSPS) is 14.2. The molecule has 1 aliphatic rings. The van der Waals surface area contributed by atoms with Crippen LogP contribution < -0.4 is 15.0 Å². The van der Waals surface area contributed by atoms with Gasteiger partial charge in [0.2, 0.25) is 0 Å². The fraction of sp³-hybridized carbons (Fsp3) is 0.190. The zero-order chi connectivity index (χ0) is 18.4. The molecular weight excluding hydrogens is 328 g/mol. The Hall–Kier alpha value is -3.21. The average molecular weight is 350 g/mol. The zero-order valence-corrected chi connectivity index (χ0v) is 14.6. The molecule has 0 unspecified atom stereocenters. The van der Waals surface area contributed by atoms with E-state index in [0.29, 0.717) is 5.76 Å². The van der Waals surface area contributed by atoms with E-state index < -0.39 is 0 Å². The van der Waals surface area contributed by atoms with Crippen molar-refractivity contribution in [2.24, 2.45) is 0 Å². The highest BCUT2D eigenvalue weighted by atomic mass is 16.6. The Morgan fingerprint density at radius 1 is 1.12 bits per heavy atom. The van der Waals surface area contributed by atoms with Gasteiger partial charge in [0.25, 0.3) is 11.9 Å². The first-order valence-corrected chi connectivity index (χ1v) is 8.59. The summed E-state index contributed by atoms with van der Waals surface area (Å²) in [7, 11) is 0. The summed E-state index contributed by atoms with van der Waals surface area (Å²) in [6.07, 6.45) is 7.23. The number of furan rings is 1. The van der Waals surface area contributed by atoms with E-state index in [1.165, 1.54) is 24.6 Å². The van der Waals surface area contributed by atoms with Crippen LogP contribution in [0.1, 0.15) is 23.4 Å². The van der Waals surface area contributed by atoms with Crippen molar-refractivity contribution in [3.63, 3.8) is 0 Å². The summed E-state index contributed by atoms with van der Waals surface area (Å²) < 4.78 is 10.9. The molecule has 1 aromatic carbocycles. The summed E-state index contributed by atoms with van der Waals surface area (Å²) in [5.74, 6) is 0.540. The van der Waals surface area contributed by atoms with Crippen molar-refractivity contribution < 1.29 is 13.9 Å². The van der Waals surface area contributed by atoms with Gasteiger partial charge in [-0.1, -0.05) is 19.2 Å². The number of carbonyl (C=O) groups excluding carboxylic acids is 1. The van der Waals surface area contributed by atoms with Crippen LogP contribution >= 0.6 is 0 Å². The highest BCUT2D eigenvalue weighted by molar-refractivity contribution is 6.02. The van der Waals surface area contributed by atoms with E-state index in [1.54, 1.807) is 24.3 Å². The maximum atomic E-state index is 12.3. The third-order valence-electron chi connectivity index (χ3n) is 4.10. The lowest BCUT2D eigenvalue weighted by Gasteiger charge is -2.17. The number of amides is 1. The zero-order valence-electron chi connectivity index (χ0n) is 14.6. The van der Waals surface area contributed by atoms with Crippen molar-refractivity contribution in [2.75, 3.05) is 23.3 Å². The average Bonchev–Trinajstić information content (AvgIpc) is 3.34. The standard InChI is InChI=1S/C21H22N2O3/c1-3-7-18(4-2)25-20-13-12-19(26-20)21(24)22-16-8-10-17(11-9-16)23-14-5-6-15-23/h3-4,7-13H,1-2,5-6,14-15H2,(H,22,24)/b18-7+. The molecule has 1 saturated heterocycles. The topological polar surface area (TPSA) is 54.7 Å². The minimum absolute atomic E-state index is 0.172. The molecule has 0 saturated carbocycles. The maximum absolute atomic E-state index is 12.3. The van der Waals surface area contributed by atoms with Gasteiger partial charge in [0.1, 0.15) is 5.76 Å². The first-order valence-electron chi connectivity index (χ1n) is 8.59. The fourth-order valence-electron chi connectivity index (χ4n) is 2.80. The second-order valence-corrected chi connectivity index (χ2v) is 5.92. The van der Waals surface area contributed by atoms with Gasteiger partial charge in [-0.15, -0.1) is 0 Å². The minimum atomic E-state index is -0.332. The predicted octanol–water partition coefficient (Wildman–Crippen LogP) is 4.77. The van der Waals surface area contributed by atoms with Crippen LogP contribution in [-0.2, 0) is 0 Å². The number of nitrogens with one attached hydrogen (secondary N) is 1. The van der Waals surface area contributed by atoms with Gasteiger partial charge in [0, 0.05) is 30.5 Å². The van der Waals surface area contributed by atoms with Crippen LogP contribution in [0.25, 0.3) is 0 Å². The van der Waals surface area contributed by atoms with Crippen LogP contribution in [0, 0.1) is 0 Å². The molecular formula is C21H22N2O3. The van der Waals surface area contributed by atoms with Gasteiger partial charge in [-0.25, -0.2) is 0 Å². The van der Waals surface area contributed by atoms with Gasteiger partial charge in [-0.05, 0) is 55.3 Å². The number of anilines is 2. The van der Waals surface area contributed by atoms with Crippen molar-refractivity contribution in [2.45, 2.75) is 12.8 Å². The number of ether oxygens (including phenoxy) is 1. The monoisotopic (exact) mass is 350 g/mol. The molecule has 1 aliphatic heterocycles. The molecule has 0 bridgehead atoms. The molecule has 0 aliphatic carbocycles. The third kappa shape index (κ3) is 4.25. The van der Waals surface area contributed by atoms with E-state index in [-0.39, 0.29) is 17.6 Å². The van der Waals surface area contributed by atoms with Crippen LogP contribution in [-0.4, -0.2) is 19.0 Å². The largest absolute Gasteiger partial charge is 0.426 e. The van der Waals surface area contributed by atoms with E-state index in [9.17, 15) is 4.79 Å². The fourth-order valence-corrected chi connectivity index (χ4v) is 2.80. The van der Waals surface area contributed by atoms with Gasteiger partial charge in [-0.2, -0.15) is 0 Å². The Balaban J connectivity index is 1.62. The number of allylic oxidation sites excluding steroid dienone is 3. The Labute approximate surface area is 153 Å². The second-order valence-electron chi connectivity index (χ2n) is 5.92. The predicted molar refractivity (Wildman–Crippen MR) is 104 cm³/mol. The SMILES string of the molecule is C=C/C=C(\C=C)Oc1ccc(C(=O)Nc2ccc(N3CCCC3)cc2)o1.